The van der Waals surface area contributed by atoms with E-state index < -0.39 is 0 Å². The van der Waals surface area contributed by atoms with Gasteiger partial charge in [-0.2, -0.15) is 0 Å². The van der Waals surface area contributed by atoms with Crippen LogP contribution in [0, 0.1) is 6.92 Å². The predicted molar refractivity (Wildman–Crippen MR) is 156 cm³/mol. The molecule has 206 valence electrons. The highest BCUT2D eigenvalue weighted by Gasteiger charge is 2.29. The highest BCUT2D eigenvalue weighted by atomic mass is 16.5. The summed E-state index contributed by atoms with van der Waals surface area (Å²) in [5, 5.41) is 0. The fourth-order valence-electron chi connectivity index (χ4n) is 5.68. The Balaban J connectivity index is 1.39. The second-order valence-electron chi connectivity index (χ2n) is 10.5. The monoisotopic (exact) mass is 528 g/mol. The van der Waals surface area contributed by atoms with Crippen molar-refractivity contribution in [2.45, 2.75) is 52.0 Å². The number of carbonyl (C=O) groups excluding carboxylic acids is 1. The van der Waals surface area contributed by atoms with Crippen molar-refractivity contribution in [3.63, 3.8) is 0 Å². The number of aryl methyl sites for hydroxylation is 2. The number of fused-ring (bicyclic) bond motifs is 1. The number of unbranched alkanes of at least 4 members (excludes halogenated alkanes) is 1. The summed E-state index contributed by atoms with van der Waals surface area (Å²) in [7, 11) is 1.67. The number of rotatable bonds is 9. The molecule has 3 aromatic rings. The van der Waals surface area contributed by atoms with Crippen LogP contribution in [0.4, 0.5) is 5.69 Å². The maximum atomic E-state index is 13.7. The molecule has 2 aliphatic rings. The minimum absolute atomic E-state index is 0.0614. The Hall–Kier alpha value is -3.58. The van der Waals surface area contributed by atoms with Crippen molar-refractivity contribution in [2.24, 2.45) is 0 Å². The Labute approximate surface area is 232 Å². The molecule has 1 amide bonds. The van der Waals surface area contributed by atoms with E-state index in [1.165, 1.54) is 16.8 Å². The van der Waals surface area contributed by atoms with Gasteiger partial charge in [-0.05, 0) is 79.6 Å². The number of morpholine rings is 1. The average Bonchev–Trinajstić information content (AvgIpc) is 3.42. The molecular weight excluding hydrogens is 488 g/mol. The van der Waals surface area contributed by atoms with Gasteiger partial charge in [-0.25, -0.2) is 4.98 Å². The summed E-state index contributed by atoms with van der Waals surface area (Å²) in [6.07, 6.45) is 12.6. The molecule has 2 heterocycles. The van der Waals surface area contributed by atoms with E-state index in [0.717, 1.165) is 87.6 Å². The van der Waals surface area contributed by atoms with Crippen LogP contribution < -0.4 is 9.64 Å². The number of aromatic nitrogens is 2. The first-order chi connectivity index (χ1) is 19.1. The van der Waals surface area contributed by atoms with Crippen LogP contribution in [-0.2, 0) is 16.0 Å². The first-order valence-electron chi connectivity index (χ1n) is 14.2. The summed E-state index contributed by atoms with van der Waals surface area (Å²) in [6, 6.07) is 12.9. The molecule has 1 aliphatic carbocycles. The Kier molecular flexibility index (Phi) is 8.67. The number of imidazole rings is 1. The maximum Gasteiger partial charge on any atom is 0.247 e. The Morgan fingerprint density at radius 3 is 2.79 bits per heavy atom. The third kappa shape index (κ3) is 6.19. The summed E-state index contributed by atoms with van der Waals surface area (Å²) in [5.41, 5.74) is 6.71. The van der Waals surface area contributed by atoms with Gasteiger partial charge < -0.3 is 23.8 Å². The first-order valence-corrected chi connectivity index (χ1v) is 14.2. The Morgan fingerprint density at radius 2 is 2.05 bits per heavy atom. The van der Waals surface area contributed by atoms with E-state index in [2.05, 4.69) is 39.9 Å². The molecule has 39 heavy (non-hydrogen) atoms. The largest absolute Gasteiger partial charge is 0.495 e. The van der Waals surface area contributed by atoms with Crippen LogP contribution in [-0.4, -0.2) is 60.3 Å². The van der Waals surface area contributed by atoms with Crippen LogP contribution in [0.1, 0.15) is 61.0 Å². The zero-order valence-corrected chi connectivity index (χ0v) is 23.4. The number of benzene rings is 2. The molecule has 7 nitrogen and oxygen atoms in total. The number of methoxy groups -OCH3 is 1. The second-order valence-corrected chi connectivity index (χ2v) is 10.5. The second kappa shape index (κ2) is 12.5. The number of ether oxygens (including phenoxy) is 2. The van der Waals surface area contributed by atoms with E-state index in [0.29, 0.717) is 0 Å². The molecule has 1 aliphatic heterocycles. The fourth-order valence-corrected chi connectivity index (χ4v) is 5.68. The van der Waals surface area contributed by atoms with Gasteiger partial charge >= 0.3 is 0 Å². The van der Waals surface area contributed by atoms with E-state index in [1.807, 2.05) is 42.0 Å². The van der Waals surface area contributed by atoms with Crippen molar-refractivity contribution in [1.29, 1.82) is 0 Å². The molecule has 1 fully saturated rings. The zero-order valence-electron chi connectivity index (χ0n) is 23.4. The van der Waals surface area contributed by atoms with Gasteiger partial charge in [-0.1, -0.05) is 25.5 Å². The van der Waals surface area contributed by atoms with Crippen LogP contribution in [0.25, 0.3) is 11.8 Å². The lowest BCUT2D eigenvalue weighted by molar-refractivity contribution is -0.128. The van der Waals surface area contributed by atoms with Gasteiger partial charge in [0.1, 0.15) is 5.75 Å². The number of hydrogen-bond acceptors (Lipinski definition) is 5. The summed E-state index contributed by atoms with van der Waals surface area (Å²) >= 11 is 0. The van der Waals surface area contributed by atoms with Crippen LogP contribution >= 0.6 is 0 Å². The number of carbonyl (C=O) groups is 1. The van der Waals surface area contributed by atoms with Crippen LogP contribution in [0.5, 0.6) is 5.75 Å². The quantitative estimate of drug-likeness (QED) is 0.331. The molecule has 2 aromatic carbocycles. The minimum Gasteiger partial charge on any atom is -0.495 e. The molecule has 7 heteroatoms. The zero-order chi connectivity index (χ0) is 27.2. The molecule has 0 unspecified atom stereocenters. The van der Waals surface area contributed by atoms with Crippen LogP contribution in [0.3, 0.4) is 0 Å². The molecule has 1 aromatic heterocycles. The maximum absolute atomic E-state index is 13.7. The van der Waals surface area contributed by atoms with Crippen molar-refractivity contribution < 1.29 is 14.3 Å². The lowest BCUT2D eigenvalue weighted by Crippen LogP contribution is -2.38. The molecule has 5 rings (SSSR count). The summed E-state index contributed by atoms with van der Waals surface area (Å²) in [5.74, 6) is 0.799. The summed E-state index contributed by atoms with van der Waals surface area (Å²) in [4.78, 5) is 22.6. The van der Waals surface area contributed by atoms with Gasteiger partial charge in [-0.3, -0.25) is 4.79 Å². The highest BCUT2D eigenvalue weighted by Crippen LogP contribution is 2.37. The highest BCUT2D eigenvalue weighted by molar-refractivity contribution is 5.92. The van der Waals surface area contributed by atoms with Gasteiger partial charge in [0.05, 0.1) is 44.1 Å². The van der Waals surface area contributed by atoms with E-state index in [4.69, 9.17) is 9.47 Å². The number of nitrogens with zero attached hydrogens (tertiary/aromatic N) is 4. The minimum atomic E-state index is 0.0614. The number of amides is 1. The predicted octanol–water partition coefficient (Wildman–Crippen LogP) is 5.75. The standard InChI is InChI=1S/C32H40N4O3/c1-4-5-15-36(29-8-6-7-26-11-12-27(21-28(26)29)34-16-18-39-19-17-34)32(37)14-10-25-9-13-30(31(20-25)38-3)35-22-24(2)33-23-35/h9-14,20-23,29H,4-8,15-19H2,1-3H3/b14-10+/t29-/m0/s1. The van der Waals surface area contributed by atoms with Crippen molar-refractivity contribution >= 4 is 17.7 Å². The Morgan fingerprint density at radius 1 is 1.21 bits per heavy atom. The molecule has 0 spiro atoms. The SMILES string of the molecule is CCCCN(C(=O)/C=C/c1ccc(-n2cnc(C)c2)c(OC)c1)[C@H]1CCCc2ccc(N3CCOCC3)cc21. The molecule has 1 atom stereocenters. The third-order valence-corrected chi connectivity index (χ3v) is 7.81. The van der Waals surface area contributed by atoms with Crippen molar-refractivity contribution in [1.82, 2.24) is 14.5 Å². The summed E-state index contributed by atoms with van der Waals surface area (Å²) in [6.45, 7) is 8.25. The van der Waals surface area contributed by atoms with E-state index in [9.17, 15) is 4.79 Å². The first kappa shape index (κ1) is 27.0. The smallest absolute Gasteiger partial charge is 0.247 e. The van der Waals surface area contributed by atoms with E-state index in [1.54, 1.807) is 19.5 Å². The molecule has 0 saturated carbocycles. The topological polar surface area (TPSA) is 59.8 Å². The average molecular weight is 529 g/mol. The van der Waals surface area contributed by atoms with Gasteiger partial charge in [0.15, 0.2) is 0 Å². The van der Waals surface area contributed by atoms with E-state index >= 15 is 0 Å². The molecule has 0 radical (unpaired) electrons. The number of hydrogen-bond donors (Lipinski definition) is 0. The third-order valence-electron chi connectivity index (χ3n) is 7.81. The van der Waals surface area contributed by atoms with Gasteiger partial charge in [-0.15, -0.1) is 0 Å². The lowest BCUT2D eigenvalue weighted by atomic mass is 9.86. The van der Waals surface area contributed by atoms with E-state index in [-0.39, 0.29) is 11.9 Å². The normalized spacial score (nSPS) is 17.3. The van der Waals surface area contributed by atoms with Crippen molar-refractivity contribution in [3.05, 3.63) is 77.4 Å². The van der Waals surface area contributed by atoms with Crippen molar-refractivity contribution in [2.75, 3.05) is 44.9 Å². The summed E-state index contributed by atoms with van der Waals surface area (Å²) < 4.78 is 13.2. The van der Waals surface area contributed by atoms with Gasteiger partial charge in [0.25, 0.3) is 0 Å². The molecule has 1 saturated heterocycles. The lowest BCUT2D eigenvalue weighted by Gasteiger charge is -2.37. The van der Waals surface area contributed by atoms with Crippen LogP contribution in [0.2, 0.25) is 0 Å². The molecular formula is C32H40N4O3. The Bertz CT molecular complexity index is 1310. The van der Waals surface area contributed by atoms with Gasteiger partial charge in [0, 0.05) is 37.6 Å². The molecule has 0 N–H and O–H groups in total. The van der Waals surface area contributed by atoms with Gasteiger partial charge in [0.2, 0.25) is 5.91 Å². The fraction of sp³-hybridized carbons (Fsp3) is 0.438. The van der Waals surface area contributed by atoms with Crippen molar-refractivity contribution in [3.8, 4) is 11.4 Å². The number of anilines is 1. The molecule has 0 bridgehead atoms. The van der Waals surface area contributed by atoms with Crippen LogP contribution in [0.15, 0.2) is 55.0 Å².